The molecule has 0 saturated carbocycles. The van der Waals surface area contributed by atoms with E-state index < -0.39 is 17.3 Å². The summed E-state index contributed by atoms with van der Waals surface area (Å²) < 4.78 is 0. The van der Waals surface area contributed by atoms with Crippen LogP contribution in [0.15, 0.2) is 102 Å². The van der Waals surface area contributed by atoms with Crippen LogP contribution in [0.25, 0.3) is 0 Å². The molecule has 5 aliphatic carbocycles. The SMILES string of the molecule is O=C1[C@H]2[C@H]3c4ccc(cc4)[C@@](C=Nc4cccc(Cl)c4)(c4ccccc43)[C@H]2C(=O)N1c1ccccc1Cl. The Labute approximate surface area is 224 Å². The van der Waals surface area contributed by atoms with Gasteiger partial charge in [0.1, 0.15) is 0 Å². The Balaban J connectivity index is 1.53. The van der Waals surface area contributed by atoms with Gasteiger partial charge in [-0.1, -0.05) is 89.9 Å². The normalized spacial score (nSPS) is 25.4. The van der Waals surface area contributed by atoms with Gasteiger partial charge < -0.3 is 0 Å². The van der Waals surface area contributed by atoms with E-state index in [2.05, 4.69) is 36.4 Å². The summed E-state index contributed by atoms with van der Waals surface area (Å²) in [6, 6.07) is 30.7. The fraction of sp³-hybridized carbons (Fsp3) is 0.129. The maximum Gasteiger partial charge on any atom is 0.239 e. The molecular formula is C31H20Cl2N2O2. The number of aliphatic imine (C=N–C) groups is 1. The lowest BCUT2D eigenvalue weighted by atomic mass is 9.52. The Morgan fingerprint density at radius 3 is 2.35 bits per heavy atom. The number of anilines is 1. The lowest BCUT2D eigenvalue weighted by molar-refractivity contribution is -0.122. The number of nitrogens with zero attached hydrogens (tertiary/aromatic N) is 2. The first-order valence-electron chi connectivity index (χ1n) is 12.1. The van der Waals surface area contributed by atoms with Crippen molar-refractivity contribution in [3.05, 3.63) is 129 Å². The van der Waals surface area contributed by atoms with E-state index in [0.29, 0.717) is 21.4 Å². The molecular weight excluding hydrogens is 503 g/mol. The molecule has 10 rings (SSSR count). The summed E-state index contributed by atoms with van der Waals surface area (Å²) in [5, 5.41) is 0.942. The van der Waals surface area contributed by atoms with Gasteiger partial charge in [-0.25, -0.2) is 4.90 Å². The molecule has 1 fully saturated rings. The summed E-state index contributed by atoms with van der Waals surface area (Å²) in [6.07, 6.45) is 1.85. The molecule has 1 aliphatic heterocycles. The average molecular weight is 523 g/mol. The van der Waals surface area contributed by atoms with Gasteiger partial charge in [-0.05, 0) is 52.6 Å². The molecule has 0 radical (unpaired) electrons. The lowest BCUT2D eigenvalue weighted by Crippen LogP contribution is -2.51. The third-order valence-corrected chi connectivity index (χ3v) is 8.56. The van der Waals surface area contributed by atoms with E-state index >= 15 is 0 Å². The van der Waals surface area contributed by atoms with Gasteiger partial charge >= 0.3 is 0 Å². The Hall–Kier alpha value is -3.73. The van der Waals surface area contributed by atoms with Crippen LogP contribution >= 0.6 is 23.2 Å². The van der Waals surface area contributed by atoms with Crippen LogP contribution in [-0.4, -0.2) is 18.0 Å². The highest BCUT2D eigenvalue weighted by molar-refractivity contribution is 6.36. The van der Waals surface area contributed by atoms with Gasteiger partial charge in [-0.3, -0.25) is 14.6 Å². The number of carbonyl (C=O) groups excluding carboxylic acids is 2. The van der Waals surface area contributed by atoms with Gasteiger partial charge in [-0.15, -0.1) is 0 Å². The molecule has 0 unspecified atom stereocenters. The van der Waals surface area contributed by atoms with Crippen molar-refractivity contribution in [1.82, 2.24) is 0 Å². The smallest absolute Gasteiger partial charge is 0.239 e. The van der Waals surface area contributed by atoms with Gasteiger partial charge in [-0.2, -0.15) is 0 Å². The second-order valence-electron chi connectivity index (χ2n) is 9.76. The predicted octanol–water partition coefficient (Wildman–Crippen LogP) is 6.95. The van der Waals surface area contributed by atoms with E-state index in [1.165, 1.54) is 4.90 Å². The van der Waals surface area contributed by atoms with E-state index in [9.17, 15) is 9.59 Å². The fourth-order valence-corrected chi connectivity index (χ4v) is 6.93. The van der Waals surface area contributed by atoms with Crippen LogP contribution in [-0.2, 0) is 15.0 Å². The molecule has 4 aromatic carbocycles. The Kier molecular flexibility index (Phi) is 4.94. The molecule has 1 saturated heterocycles. The summed E-state index contributed by atoms with van der Waals surface area (Å²) in [5.41, 5.74) is 4.12. The van der Waals surface area contributed by atoms with Crippen molar-refractivity contribution in [3.63, 3.8) is 0 Å². The van der Waals surface area contributed by atoms with Gasteiger partial charge in [0.2, 0.25) is 11.8 Å². The number of halogens is 2. The molecule has 0 N–H and O–H groups in total. The third kappa shape index (κ3) is 3.06. The van der Waals surface area contributed by atoms with Crippen molar-refractivity contribution < 1.29 is 9.59 Å². The second kappa shape index (κ2) is 8.14. The van der Waals surface area contributed by atoms with Crippen molar-refractivity contribution in [2.75, 3.05) is 4.90 Å². The molecule has 4 aromatic rings. The predicted molar refractivity (Wildman–Crippen MR) is 146 cm³/mol. The van der Waals surface area contributed by atoms with Crippen LogP contribution in [0, 0.1) is 11.8 Å². The standard InChI is InChI=1S/C31H20Cl2N2O2/c32-20-6-5-7-21(16-20)34-17-31-19-14-12-18(13-15-19)26(22-8-1-2-9-23(22)31)27-28(31)30(37)35(29(27)36)25-11-4-3-10-24(25)33/h1-17,26-28H/t26-,27-,28+,31-/m0/s1. The minimum absolute atomic E-state index is 0.231. The first kappa shape index (κ1) is 22.5. The van der Waals surface area contributed by atoms with Gasteiger partial charge in [0.15, 0.2) is 0 Å². The highest BCUT2D eigenvalue weighted by atomic mass is 35.5. The van der Waals surface area contributed by atoms with Gasteiger partial charge in [0, 0.05) is 17.2 Å². The Bertz CT molecular complexity index is 1630. The highest BCUT2D eigenvalue weighted by Crippen LogP contribution is 2.60. The number of carbonyl (C=O) groups is 2. The number of hydrogen-bond acceptors (Lipinski definition) is 3. The number of amides is 2. The monoisotopic (exact) mass is 522 g/mol. The van der Waals surface area contributed by atoms with Crippen molar-refractivity contribution in [2.24, 2.45) is 16.8 Å². The van der Waals surface area contributed by atoms with E-state index in [-0.39, 0.29) is 17.7 Å². The van der Waals surface area contributed by atoms with Crippen LogP contribution in [0.2, 0.25) is 10.0 Å². The zero-order chi connectivity index (χ0) is 25.3. The molecule has 4 atom stereocenters. The summed E-state index contributed by atoms with van der Waals surface area (Å²) in [5.74, 6) is -2.02. The first-order valence-corrected chi connectivity index (χ1v) is 12.9. The molecule has 6 heteroatoms. The minimum Gasteiger partial charge on any atom is -0.274 e. The molecule has 0 aromatic heterocycles. The number of hydrogen-bond donors (Lipinski definition) is 0. The maximum atomic E-state index is 14.4. The Morgan fingerprint density at radius 1 is 0.811 bits per heavy atom. The molecule has 4 nitrogen and oxygen atoms in total. The second-order valence-corrected chi connectivity index (χ2v) is 10.6. The van der Waals surface area contributed by atoms with Crippen LogP contribution < -0.4 is 4.90 Å². The molecule has 2 amide bonds. The van der Waals surface area contributed by atoms with Crippen molar-refractivity contribution in [2.45, 2.75) is 11.3 Å². The van der Waals surface area contributed by atoms with E-state index in [4.69, 9.17) is 28.2 Å². The van der Waals surface area contributed by atoms with E-state index in [1.54, 1.807) is 36.4 Å². The largest absolute Gasteiger partial charge is 0.274 e. The zero-order valence-corrected chi connectivity index (χ0v) is 21.0. The van der Waals surface area contributed by atoms with Crippen molar-refractivity contribution >= 4 is 52.6 Å². The molecule has 1 heterocycles. The third-order valence-electron chi connectivity index (χ3n) is 8.01. The molecule has 6 aliphatic rings. The molecule has 37 heavy (non-hydrogen) atoms. The van der Waals surface area contributed by atoms with Crippen LogP contribution in [0.5, 0.6) is 0 Å². The first-order chi connectivity index (χ1) is 18.0. The van der Waals surface area contributed by atoms with Crippen LogP contribution in [0.3, 0.4) is 0 Å². The van der Waals surface area contributed by atoms with Crippen LogP contribution in [0.1, 0.15) is 28.2 Å². The molecule has 180 valence electrons. The van der Waals surface area contributed by atoms with E-state index in [0.717, 1.165) is 22.3 Å². The van der Waals surface area contributed by atoms with Crippen LogP contribution in [0.4, 0.5) is 11.4 Å². The minimum atomic E-state index is -0.957. The number of imide groups is 1. The van der Waals surface area contributed by atoms with Crippen molar-refractivity contribution in [3.8, 4) is 0 Å². The van der Waals surface area contributed by atoms with E-state index in [1.807, 2.05) is 30.5 Å². The van der Waals surface area contributed by atoms with Gasteiger partial charge in [0.25, 0.3) is 0 Å². The lowest BCUT2D eigenvalue weighted by Gasteiger charge is -2.48. The average Bonchev–Trinajstić information content (AvgIpc) is 3.15. The molecule has 0 spiro atoms. The summed E-state index contributed by atoms with van der Waals surface area (Å²) in [7, 11) is 0. The topological polar surface area (TPSA) is 49.7 Å². The number of para-hydroxylation sites is 1. The van der Waals surface area contributed by atoms with Gasteiger partial charge in [0.05, 0.1) is 33.6 Å². The van der Waals surface area contributed by atoms with Crippen molar-refractivity contribution in [1.29, 1.82) is 0 Å². The number of benzene rings is 4. The number of rotatable bonds is 3. The molecule has 4 bridgehead atoms. The zero-order valence-electron chi connectivity index (χ0n) is 19.5. The summed E-state index contributed by atoms with van der Waals surface area (Å²) >= 11 is 12.8. The fourth-order valence-electron chi connectivity index (χ4n) is 6.53. The quantitative estimate of drug-likeness (QED) is 0.216. The summed E-state index contributed by atoms with van der Waals surface area (Å²) in [6.45, 7) is 0. The Morgan fingerprint density at radius 2 is 1.57 bits per heavy atom. The summed E-state index contributed by atoms with van der Waals surface area (Å²) in [4.78, 5) is 34.8. The highest BCUT2D eigenvalue weighted by Gasteiger charge is 2.65. The maximum absolute atomic E-state index is 14.4.